The minimum atomic E-state index is -3.72. The molecule has 5 N–H and O–H groups in total. The van der Waals surface area contributed by atoms with Crippen LogP contribution >= 0.6 is 0 Å². The van der Waals surface area contributed by atoms with Crippen molar-refractivity contribution in [3.63, 3.8) is 0 Å². The first-order chi connectivity index (χ1) is 8.95. The molecule has 2 aromatic rings. The summed E-state index contributed by atoms with van der Waals surface area (Å²) in [5, 5.41) is 6.67. The van der Waals surface area contributed by atoms with Crippen molar-refractivity contribution in [2.45, 2.75) is 18.7 Å². The molecule has 2 rings (SSSR count). The van der Waals surface area contributed by atoms with Crippen molar-refractivity contribution in [2.24, 2.45) is 5.84 Å². The van der Waals surface area contributed by atoms with E-state index in [9.17, 15) is 8.42 Å². The van der Waals surface area contributed by atoms with E-state index in [1.807, 2.05) is 0 Å². The van der Waals surface area contributed by atoms with Gasteiger partial charge in [0, 0.05) is 0 Å². The Morgan fingerprint density at radius 1 is 1.26 bits per heavy atom. The number of rotatable bonds is 4. The first kappa shape index (κ1) is 13.4. The van der Waals surface area contributed by atoms with Gasteiger partial charge in [-0.15, -0.1) is 0 Å². The average molecular weight is 281 g/mol. The SMILES string of the molecule is Cc1n[nH]c(C)c1NS(=O)(=O)c1ccccc1NN. The number of nitrogens with zero attached hydrogens (tertiary/aromatic N) is 1. The summed E-state index contributed by atoms with van der Waals surface area (Å²) < 4.78 is 27.2. The highest BCUT2D eigenvalue weighted by Crippen LogP contribution is 2.25. The predicted octanol–water partition coefficient (Wildman–Crippen LogP) is 1.11. The maximum Gasteiger partial charge on any atom is 0.264 e. The van der Waals surface area contributed by atoms with Gasteiger partial charge in [0.05, 0.1) is 22.8 Å². The number of nitrogen functional groups attached to an aromatic ring is 1. The summed E-state index contributed by atoms with van der Waals surface area (Å²) in [5.41, 5.74) is 4.38. The quantitative estimate of drug-likeness (QED) is 0.495. The van der Waals surface area contributed by atoms with Gasteiger partial charge in [0.2, 0.25) is 0 Å². The number of aryl methyl sites for hydroxylation is 2. The standard InChI is InChI=1S/C11H15N5O2S/c1-7-11(8(2)15-14-7)16-19(17,18)10-6-4-3-5-9(10)13-12/h3-6,13,16H,12H2,1-2H3,(H,14,15). The van der Waals surface area contributed by atoms with E-state index in [0.717, 1.165) is 0 Å². The van der Waals surface area contributed by atoms with Crippen molar-refractivity contribution in [3.05, 3.63) is 35.7 Å². The highest BCUT2D eigenvalue weighted by molar-refractivity contribution is 7.92. The molecule has 19 heavy (non-hydrogen) atoms. The Balaban J connectivity index is 2.44. The molecule has 0 atom stereocenters. The first-order valence-corrected chi connectivity index (χ1v) is 7.04. The Hall–Kier alpha value is -2.06. The maximum absolute atomic E-state index is 12.3. The summed E-state index contributed by atoms with van der Waals surface area (Å²) in [5.74, 6) is 5.32. The Labute approximate surface area is 111 Å². The van der Waals surface area contributed by atoms with Gasteiger partial charge in [0.15, 0.2) is 0 Å². The fraction of sp³-hybridized carbons (Fsp3) is 0.182. The van der Waals surface area contributed by atoms with E-state index in [-0.39, 0.29) is 4.90 Å². The highest BCUT2D eigenvalue weighted by Gasteiger charge is 2.20. The predicted molar refractivity (Wildman–Crippen MR) is 73.1 cm³/mol. The molecule has 102 valence electrons. The van der Waals surface area contributed by atoms with Crippen LogP contribution in [0.4, 0.5) is 11.4 Å². The molecule has 0 aliphatic carbocycles. The molecule has 1 aromatic carbocycles. The number of hydrogen-bond donors (Lipinski definition) is 4. The van der Waals surface area contributed by atoms with Gasteiger partial charge in [-0.05, 0) is 26.0 Å². The van der Waals surface area contributed by atoms with Crippen LogP contribution < -0.4 is 16.0 Å². The lowest BCUT2D eigenvalue weighted by molar-refractivity contribution is 0.601. The average Bonchev–Trinajstić information content (AvgIpc) is 2.70. The molecule has 0 amide bonds. The van der Waals surface area contributed by atoms with Gasteiger partial charge < -0.3 is 5.43 Å². The van der Waals surface area contributed by atoms with Gasteiger partial charge in [-0.25, -0.2) is 8.42 Å². The molecule has 8 heteroatoms. The summed E-state index contributed by atoms with van der Waals surface area (Å²) >= 11 is 0. The van der Waals surface area contributed by atoms with Crippen molar-refractivity contribution in [1.82, 2.24) is 10.2 Å². The summed E-state index contributed by atoms with van der Waals surface area (Å²) in [6.45, 7) is 3.46. The second kappa shape index (κ2) is 4.90. The van der Waals surface area contributed by atoms with Crippen molar-refractivity contribution in [1.29, 1.82) is 0 Å². The van der Waals surface area contributed by atoms with Crippen LogP contribution in [0.25, 0.3) is 0 Å². The van der Waals surface area contributed by atoms with E-state index >= 15 is 0 Å². The third kappa shape index (κ3) is 2.54. The van der Waals surface area contributed by atoms with E-state index in [1.165, 1.54) is 6.07 Å². The van der Waals surface area contributed by atoms with Crippen LogP contribution in [0, 0.1) is 13.8 Å². The number of nitrogens with one attached hydrogen (secondary N) is 3. The maximum atomic E-state index is 12.3. The van der Waals surface area contributed by atoms with Crippen LogP contribution in [-0.2, 0) is 10.0 Å². The number of H-pyrrole nitrogens is 1. The van der Waals surface area contributed by atoms with Crippen molar-refractivity contribution >= 4 is 21.4 Å². The molecule has 0 saturated heterocycles. The monoisotopic (exact) mass is 281 g/mol. The molecule has 0 aliphatic rings. The highest BCUT2D eigenvalue weighted by atomic mass is 32.2. The minimum absolute atomic E-state index is 0.0810. The van der Waals surface area contributed by atoms with E-state index < -0.39 is 10.0 Å². The number of aromatic nitrogens is 2. The van der Waals surface area contributed by atoms with Crippen LogP contribution in [0.2, 0.25) is 0 Å². The normalized spacial score (nSPS) is 11.3. The number of hydrogen-bond acceptors (Lipinski definition) is 5. The van der Waals surface area contributed by atoms with Crippen molar-refractivity contribution < 1.29 is 8.42 Å². The summed E-state index contributed by atoms with van der Waals surface area (Å²) in [6.07, 6.45) is 0. The molecule has 0 saturated carbocycles. The number of anilines is 2. The van der Waals surface area contributed by atoms with Gasteiger partial charge >= 0.3 is 0 Å². The van der Waals surface area contributed by atoms with Gasteiger partial charge in [0.25, 0.3) is 10.0 Å². The van der Waals surface area contributed by atoms with Gasteiger partial charge in [-0.2, -0.15) is 5.10 Å². The number of hydrazine groups is 1. The largest absolute Gasteiger partial charge is 0.323 e. The summed E-state index contributed by atoms with van der Waals surface area (Å²) in [4.78, 5) is 0.0810. The van der Waals surface area contributed by atoms with E-state index in [1.54, 1.807) is 32.0 Å². The molecule has 1 heterocycles. The second-order valence-electron chi connectivity index (χ2n) is 4.06. The second-order valence-corrected chi connectivity index (χ2v) is 5.71. The Kier molecular flexibility index (Phi) is 3.45. The van der Waals surface area contributed by atoms with Gasteiger partial charge in [0.1, 0.15) is 4.90 Å². The smallest absolute Gasteiger partial charge is 0.264 e. The fourth-order valence-electron chi connectivity index (χ4n) is 1.71. The molecule has 1 aromatic heterocycles. The Morgan fingerprint density at radius 2 is 1.95 bits per heavy atom. The van der Waals surface area contributed by atoms with Gasteiger partial charge in [-0.1, -0.05) is 12.1 Å². The molecule has 7 nitrogen and oxygen atoms in total. The van der Waals surface area contributed by atoms with Crippen molar-refractivity contribution in [3.8, 4) is 0 Å². The molecule has 0 unspecified atom stereocenters. The lowest BCUT2D eigenvalue weighted by Crippen LogP contribution is -2.18. The zero-order valence-corrected chi connectivity index (χ0v) is 11.4. The number of benzene rings is 1. The minimum Gasteiger partial charge on any atom is -0.323 e. The fourth-order valence-corrected chi connectivity index (χ4v) is 3.06. The first-order valence-electron chi connectivity index (χ1n) is 5.55. The van der Waals surface area contributed by atoms with Crippen LogP contribution in [0.1, 0.15) is 11.4 Å². The van der Waals surface area contributed by atoms with E-state index in [2.05, 4.69) is 20.3 Å². The number of para-hydroxylation sites is 1. The van der Waals surface area contributed by atoms with Crippen LogP contribution in [-0.4, -0.2) is 18.6 Å². The van der Waals surface area contributed by atoms with Crippen LogP contribution in [0.15, 0.2) is 29.2 Å². The molecule has 0 fully saturated rings. The zero-order chi connectivity index (χ0) is 14.0. The topological polar surface area (TPSA) is 113 Å². The third-order valence-corrected chi connectivity index (χ3v) is 4.10. The molecule has 0 spiro atoms. The van der Waals surface area contributed by atoms with E-state index in [0.29, 0.717) is 22.8 Å². The Bertz CT molecular complexity index is 673. The number of aromatic amines is 1. The van der Waals surface area contributed by atoms with Crippen LogP contribution in [0.3, 0.4) is 0 Å². The molecule has 0 radical (unpaired) electrons. The van der Waals surface area contributed by atoms with Crippen LogP contribution in [0.5, 0.6) is 0 Å². The Morgan fingerprint density at radius 3 is 2.53 bits per heavy atom. The summed E-state index contributed by atoms with van der Waals surface area (Å²) in [7, 11) is -3.72. The number of sulfonamides is 1. The summed E-state index contributed by atoms with van der Waals surface area (Å²) in [6, 6.07) is 6.39. The molecule has 0 bridgehead atoms. The lowest BCUT2D eigenvalue weighted by Gasteiger charge is -2.11. The van der Waals surface area contributed by atoms with E-state index in [4.69, 9.17) is 5.84 Å². The van der Waals surface area contributed by atoms with Crippen molar-refractivity contribution in [2.75, 3.05) is 10.1 Å². The van der Waals surface area contributed by atoms with Gasteiger partial charge in [-0.3, -0.25) is 15.7 Å². The zero-order valence-electron chi connectivity index (χ0n) is 10.6. The lowest BCUT2D eigenvalue weighted by atomic mass is 10.3. The molecular weight excluding hydrogens is 266 g/mol. The number of nitrogens with two attached hydrogens (primary N) is 1. The third-order valence-electron chi connectivity index (χ3n) is 2.70. The molecule has 0 aliphatic heterocycles. The molecular formula is C11H15N5O2S.